The summed E-state index contributed by atoms with van der Waals surface area (Å²) in [5.74, 6) is 0.765. The summed E-state index contributed by atoms with van der Waals surface area (Å²) in [6, 6.07) is 0. The second-order valence-corrected chi connectivity index (χ2v) is 6.72. The Labute approximate surface area is 111 Å². The highest BCUT2D eigenvalue weighted by Crippen LogP contribution is 2.15. The molecule has 1 rings (SSSR count). The van der Waals surface area contributed by atoms with Crippen molar-refractivity contribution in [2.75, 3.05) is 38.6 Å². The van der Waals surface area contributed by atoms with Gasteiger partial charge in [0.15, 0.2) is 0 Å². The summed E-state index contributed by atoms with van der Waals surface area (Å²) in [5.41, 5.74) is 0. The monoisotopic (exact) mass is 278 g/mol. The Morgan fingerprint density at radius 2 is 2.11 bits per heavy atom. The SMILES string of the molecule is CCNCCCCS(=O)(=O)NCCC1CCOC1. The Morgan fingerprint density at radius 3 is 2.78 bits per heavy atom. The van der Waals surface area contributed by atoms with E-state index in [1.54, 1.807) is 0 Å². The van der Waals surface area contributed by atoms with E-state index in [1.165, 1.54) is 0 Å². The van der Waals surface area contributed by atoms with Crippen LogP contribution in [0.2, 0.25) is 0 Å². The third-order valence-electron chi connectivity index (χ3n) is 3.17. The molecule has 6 heteroatoms. The Morgan fingerprint density at radius 1 is 1.28 bits per heavy atom. The van der Waals surface area contributed by atoms with E-state index in [9.17, 15) is 8.42 Å². The molecule has 0 bridgehead atoms. The normalized spacial score (nSPS) is 20.4. The number of sulfonamides is 1. The Bertz CT molecular complexity index is 300. The van der Waals surface area contributed by atoms with Gasteiger partial charge >= 0.3 is 0 Å². The van der Waals surface area contributed by atoms with Gasteiger partial charge in [-0.15, -0.1) is 0 Å². The van der Waals surface area contributed by atoms with Crippen molar-refractivity contribution in [3.05, 3.63) is 0 Å². The van der Waals surface area contributed by atoms with Gasteiger partial charge in [0.05, 0.1) is 5.75 Å². The molecular formula is C12H26N2O3S. The zero-order valence-electron chi connectivity index (χ0n) is 11.3. The van der Waals surface area contributed by atoms with Crippen molar-refractivity contribution in [1.29, 1.82) is 0 Å². The van der Waals surface area contributed by atoms with Crippen LogP contribution < -0.4 is 10.0 Å². The Hall–Kier alpha value is -0.170. The van der Waals surface area contributed by atoms with Crippen LogP contribution in [-0.2, 0) is 14.8 Å². The largest absolute Gasteiger partial charge is 0.381 e. The minimum absolute atomic E-state index is 0.236. The second kappa shape index (κ2) is 8.85. The summed E-state index contributed by atoms with van der Waals surface area (Å²) in [5, 5.41) is 3.19. The highest BCUT2D eigenvalue weighted by Gasteiger charge is 2.16. The van der Waals surface area contributed by atoms with E-state index < -0.39 is 10.0 Å². The summed E-state index contributed by atoms with van der Waals surface area (Å²) in [7, 11) is -3.08. The maximum atomic E-state index is 11.7. The number of ether oxygens (including phenoxy) is 1. The van der Waals surface area contributed by atoms with Crippen molar-refractivity contribution in [3.8, 4) is 0 Å². The zero-order valence-corrected chi connectivity index (χ0v) is 12.1. The lowest BCUT2D eigenvalue weighted by atomic mass is 10.1. The van der Waals surface area contributed by atoms with E-state index in [2.05, 4.69) is 10.0 Å². The van der Waals surface area contributed by atoms with Crippen LogP contribution in [-0.4, -0.2) is 47.0 Å². The van der Waals surface area contributed by atoms with E-state index in [4.69, 9.17) is 4.74 Å². The highest BCUT2D eigenvalue weighted by molar-refractivity contribution is 7.89. The topological polar surface area (TPSA) is 67.4 Å². The predicted octanol–water partition coefficient (Wildman–Crippen LogP) is 0.722. The van der Waals surface area contributed by atoms with Crippen LogP contribution in [0.5, 0.6) is 0 Å². The molecule has 1 fully saturated rings. The molecule has 1 saturated heterocycles. The molecule has 0 saturated carbocycles. The fraction of sp³-hybridized carbons (Fsp3) is 1.00. The first-order valence-electron chi connectivity index (χ1n) is 6.90. The third kappa shape index (κ3) is 7.31. The molecule has 0 aliphatic carbocycles. The lowest BCUT2D eigenvalue weighted by molar-refractivity contribution is 0.184. The van der Waals surface area contributed by atoms with Gasteiger partial charge < -0.3 is 10.1 Å². The quantitative estimate of drug-likeness (QED) is 0.578. The number of hydrogen-bond acceptors (Lipinski definition) is 4. The van der Waals surface area contributed by atoms with Gasteiger partial charge in [-0.25, -0.2) is 13.1 Å². The average Bonchev–Trinajstić information content (AvgIpc) is 2.81. The fourth-order valence-corrected chi connectivity index (χ4v) is 3.18. The molecular weight excluding hydrogens is 252 g/mol. The van der Waals surface area contributed by atoms with Gasteiger partial charge in [0.1, 0.15) is 0 Å². The molecule has 1 heterocycles. The standard InChI is InChI=1S/C12H26N2O3S/c1-2-13-7-3-4-10-18(15,16)14-8-5-12-6-9-17-11-12/h12-14H,2-11H2,1H3. The lowest BCUT2D eigenvalue weighted by Gasteiger charge is -2.09. The van der Waals surface area contributed by atoms with Crippen molar-refractivity contribution in [3.63, 3.8) is 0 Å². The van der Waals surface area contributed by atoms with Gasteiger partial charge in [-0.3, -0.25) is 0 Å². The molecule has 5 nitrogen and oxygen atoms in total. The van der Waals surface area contributed by atoms with E-state index in [0.29, 0.717) is 12.5 Å². The number of nitrogens with one attached hydrogen (secondary N) is 2. The summed E-state index contributed by atoms with van der Waals surface area (Å²) >= 11 is 0. The maximum Gasteiger partial charge on any atom is 0.211 e. The zero-order chi connectivity index (χ0) is 13.3. The second-order valence-electron chi connectivity index (χ2n) is 4.79. The molecule has 0 amide bonds. The molecule has 0 aromatic rings. The van der Waals surface area contributed by atoms with Crippen LogP contribution >= 0.6 is 0 Å². The molecule has 18 heavy (non-hydrogen) atoms. The molecule has 1 atom stereocenters. The van der Waals surface area contributed by atoms with Crippen LogP contribution in [0.25, 0.3) is 0 Å². The molecule has 1 aliphatic rings. The minimum Gasteiger partial charge on any atom is -0.381 e. The fourth-order valence-electron chi connectivity index (χ4n) is 2.02. The first-order chi connectivity index (χ1) is 8.64. The maximum absolute atomic E-state index is 11.7. The number of hydrogen-bond donors (Lipinski definition) is 2. The van der Waals surface area contributed by atoms with Gasteiger partial charge in [0.2, 0.25) is 10.0 Å². The number of rotatable bonds is 10. The van der Waals surface area contributed by atoms with Gasteiger partial charge in [0, 0.05) is 19.8 Å². The van der Waals surface area contributed by atoms with Gasteiger partial charge in [0.25, 0.3) is 0 Å². The van der Waals surface area contributed by atoms with E-state index in [1.807, 2.05) is 6.92 Å². The van der Waals surface area contributed by atoms with Crippen molar-refractivity contribution >= 4 is 10.0 Å². The predicted molar refractivity (Wildman–Crippen MR) is 73.1 cm³/mol. The van der Waals surface area contributed by atoms with Crippen molar-refractivity contribution in [2.45, 2.75) is 32.6 Å². The first kappa shape index (κ1) is 15.9. The first-order valence-corrected chi connectivity index (χ1v) is 8.55. The van der Waals surface area contributed by atoms with Crippen molar-refractivity contribution in [1.82, 2.24) is 10.0 Å². The average molecular weight is 278 g/mol. The smallest absolute Gasteiger partial charge is 0.211 e. The Kier molecular flexibility index (Phi) is 7.81. The molecule has 0 aromatic heterocycles. The highest BCUT2D eigenvalue weighted by atomic mass is 32.2. The van der Waals surface area contributed by atoms with E-state index in [0.717, 1.165) is 52.0 Å². The molecule has 108 valence electrons. The number of unbranched alkanes of at least 4 members (excludes halogenated alkanes) is 1. The molecule has 0 radical (unpaired) electrons. The van der Waals surface area contributed by atoms with Crippen LogP contribution in [0.4, 0.5) is 0 Å². The molecule has 1 aliphatic heterocycles. The molecule has 0 spiro atoms. The summed E-state index contributed by atoms with van der Waals surface area (Å²) in [6.07, 6.45) is 3.57. The minimum atomic E-state index is -3.08. The van der Waals surface area contributed by atoms with Crippen LogP contribution in [0, 0.1) is 5.92 Å². The van der Waals surface area contributed by atoms with Gasteiger partial charge in [-0.05, 0) is 44.7 Å². The van der Waals surface area contributed by atoms with Crippen molar-refractivity contribution < 1.29 is 13.2 Å². The van der Waals surface area contributed by atoms with E-state index >= 15 is 0 Å². The van der Waals surface area contributed by atoms with Gasteiger partial charge in [-0.2, -0.15) is 0 Å². The van der Waals surface area contributed by atoms with Crippen LogP contribution in [0.1, 0.15) is 32.6 Å². The van der Waals surface area contributed by atoms with E-state index in [-0.39, 0.29) is 5.75 Å². The summed E-state index contributed by atoms with van der Waals surface area (Å²) in [6.45, 7) is 6.03. The van der Waals surface area contributed by atoms with Gasteiger partial charge in [-0.1, -0.05) is 6.92 Å². The third-order valence-corrected chi connectivity index (χ3v) is 4.64. The molecule has 0 aromatic carbocycles. The molecule has 2 N–H and O–H groups in total. The summed E-state index contributed by atoms with van der Waals surface area (Å²) < 4.78 is 31.3. The lowest BCUT2D eigenvalue weighted by Crippen LogP contribution is -2.29. The van der Waals surface area contributed by atoms with Crippen LogP contribution in [0.3, 0.4) is 0 Å². The Balaban J connectivity index is 2.03. The van der Waals surface area contributed by atoms with Crippen LogP contribution in [0.15, 0.2) is 0 Å². The summed E-state index contributed by atoms with van der Waals surface area (Å²) in [4.78, 5) is 0. The molecule has 1 unspecified atom stereocenters. The van der Waals surface area contributed by atoms with Crippen molar-refractivity contribution in [2.24, 2.45) is 5.92 Å².